The fraction of sp³-hybridized carbons (Fsp3) is 0.400. The Hall–Kier alpha value is -2.43. The third kappa shape index (κ3) is 4.21. The molecule has 1 saturated heterocycles. The number of benzene rings is 1. The Morgan fingerprint density at radius 3 is 2.50 bits per heavy atom. The molecule has 1 aromatic heterocycles. The minimum absolute atomic E-state index is 0.0312. The second kappa shape index (κ2) is 6.71. The first-order valence-corrected chi connectivity index (χ1v) is 9.53. The first-order valence-electron chi connectivity index (χ1n) is 7.71. The van der Waals surface area contributed by atoms with Crippen molar-refractivity contribution in [1.29, 1.82) is 0 Å². The van der Waals surface area contributed by atoms with E-state index in [0.29, 0.717) is 17.9 Å². The topological polar surface area (TPSA) is 88.1 Å². The third-order valence-corrected chi connectivity index (χ3v) is 5.85. The molecule has 2 aromatic rings. The van der Waals surface area contributed by atoms with Crippen molar-refractivity contribution in [1.82, 2.24) is 15.2 Å². The van der Waals surface area contributed by atoms with Gasteiger partial charge in [-0.15, -0.1) is 5.10 Å². The van der Waals surface area contributed by atoms with Gasteiger partial charge >= 0.3 is 6.18 Å². The lowest BCUT2D eigenvalue weighted by Gasteiger charge is -2.22. The molecule has 0 amide bonds. The third-order valence-electron chi connectivity index (χ3n) is 4.10. The van der Waals surface area contributed by atoms with Crippen LogP contribution in [0.4, 0.5) is 30.6 Å². The van der Waals surface area contributed by atoms with Gasteiger partial charge in [-0.25, -0.2) is 8.42 Å². The van der Waals surface area contributed by atoms with Gasteiger partial charge in [-0.05, 0) is 30.7 Å². The number of sulfone groups is 1. The lowest BCUT2D eigenvalue weighted by atomic mass is 10.2. The van der Waals surface area contributed by atoms with Crippen molar-refractivity contribution in [2.75, 3.05) is 28.8 Å². The van der Waals surface area contributed by atoms with Crippen LogP contribution in [-0.4, -0.2) is 48.2 Å². The van der Waals surface area contributed by atoms with E-state index in [9.17, 15) is 21.6 Å². The van der Waals surface area contributed by atoms with Gasteiger partial charge < -0.3 is 10.2 Å². The van der Waals surface area contributed by atoms with Gasteiger partial charge in [0.1, 0.15) is 0 Å². The highest BCUT2D eigenvalue weighted by atomic mass is 32.2. The van der Waals surface area contributed by atoms with E-state index in [2.05, 4.69) is 20.5 Å². The average molecular weight is 387 g/mol. The van der Waals surface area contributed by atoms with Gasteiger partial charge in [0.25, 0.3) is 0 Å². The summed E-state index contributed by atoms with van der Waals surface area (Å²) in [5.41, 5.74) is -0.331. The molecule has 0 spiro atoms. The zero-order valence-corrected chi connectivity index (χ0v) is 14.5. The van der Waals surface area contributed by atoms with Crippen LogP contribution in [0.3, 0.4) is 0 Å². The molecule has 0 radical (unpaired) electrons. The molecule has 1 atom stereocenters. The van der Waals surface area contributed by atoms with Crippen molar-refractivity contribution in [2.45, 2.75) is 18.6 Å². The second-order valence-corrected chi connectivity index (χ2v) is 8.24. The Morgan fingerprint density at radius 1 is 1.23 bits per heavy atom. The maximum atomic E-state index is 12.6. The van der Waals surface area contributed by atoms with Crippen molar-refractivity contribution in [3.05, 3.63) is 36.0 Å². The largest absolute Gasteiger partial charge is 0.416 e. The number of aromatic nitrogens is 3. The van der Waals surface area contributed by atoms with Crippen LogP contribution >= 0.6 is 0 Å². The first-order chi connectivity index (χ1) is 12.1. The van der Waals surface area contributed by atoms with E-state index in [1.165, 1.54) is 18.3 Å². The summed E-state index contributed by atoms with van der Waals surface area (Å²) < 4.78 is 61.0. The second-order valence-electron chi connectivity index (χ2n) is 6.01. The van der Waals surface area contributed by atoms with Gasteiger partial charge in [-0.1, -0.05) is 0 Å². The Bertz CT molecular complexity index is 887. The summed E-state index contributed by atoms with van der Waals surface area (Å²) in [6, 6.07) is 4.28. The molecule has 3 rings (SSSR count). The Labute approximate surface area is 148 Å². The average Bonchev–Trinajstić information content (AvgIpc) is 2.94. The monoisotopic (exact) mass is 387 g/mol. The molecular weight excluding hydrogens is 371 g/mol. The predicted molar refractivity (Wildman–Crippen MR) is 90.0 cm³/mol. The lowest BCUT2D eigenvalue weighted by molar-refractivity contribution is -0.137. The van der Waals surface area contributed by atoms with Crippen LogP contribution in [-0.2, 0) is 16.0 Å². The molecule has 1 unspecified atom stereocenters. The van der Waals surface area contributed by atoms with E-state index in [4.69, 9.17) is 0 Å². The summed E-state index contributed by atoms with van der Waals surface area (Å²) in [6.07, 6.45) is -2.58. The molecule has 1 aromatic carbocycles. The minimum atomic E-state index is -4.40. The van der Waals surface area contributed by atoms with Crippen molar-refractivity contribution in [3.8, 4) is 0 Å². The van der Waals surface area contributed by atoms with E-state index in [1.54, 1.807) is 11.9 Å². The zero-order chi connectivity index (χ0) is 18.9. The van der Waals surface area contributed by atoms with Crippen LogP contribution in [0, 0.1) is 0 Å². The number of hydrogen-bond donors (Lipinski definition) is 1. The molecule has 0 aliphatic carbocycles. The highest BCUT2D eigenvalue weighted by Crippen LogP contribution is 2.30. The number of hydrogen-bond acceptors (Lipinski definition) is 7. The van der Waals surface area contributed by atoms with Crippen molar-refractivity contribution in [3.63, 3.8) is 0 Å². The van der Waals surface area contributed by atoms with Crippen LogP contribution in [0.25, 0.3) is 0 Å². The maximum Gasteiger partial charge on any atom is 0.416 e. The molecule has 0 saturated carbocycles. The van der Waals surface area contributed by atoms with Crippen molar-refractivity contribution in [2.24, 2.45) is 0 Å². The molecule has 0 bridgehead atoms. The lowest BCUT2D eigenvalue weighted by Crippen LogP contribution is -2.34. The number of alkyl halides is 3. The Balaban J connectivity index is 1.73. The number of anilines is 3. The summed E-state index contributed by atoms with van der Waals surface area (Å²) in [5, 5.41) is 10.6. The van der Waals surface area contributed by atoms with E-state index < -0.39 is 21.6 Å². The summed E-state index contributed by atoms with van der Waals surface area (Å²) >= 11 is 0. The first kappa shape index (κ1) is 18.4. The number of nitrogens with one attached hydrogen (secondary N) is 1. The highest BCUT2D eigenvalue weighted by molar-refractivity contribution is 7.91. The van der Waals surface area contributed by atoms with Gasteiger partial charge in [0.2, 0.25) is 5.95 Å². The standard InChI is InChI=1S/C15H16F3N5O2S/c1-23(12-6-7-26(24,25)9-12)14-21-13(8-19-22-14)20-11-4-2-10(3-5-11)15(16,17)18/h2-5,8,12H,6-7,9H2,1H3,(H,20,21,22). The number of nitrogens with zero attached hydrogens (tertiary/aromatic N) is 4. The molecule has 1 N–H and O–H groups in total. The molecule has 1 aliphatic rings. The summed E-state index contributed by atoms with van der Waals surface area (Å²) in [7, 11) is -1.36. The Morgan fingerprint density at radius 2 is 1.92 bits per heavy atom. The molecule has 11 heteroatoms. The van der Waals surface area contributed by atoms with Crippen LogP contribution in [0.1, 0.15) is 12.0 Å². The fourth-order valence-electron chi connectivity index (χ4n) is 2.64. The molecule has 140 valence electrons. The van der Waals surface area contributed by atoms with Crippen molar-refractivity contribution >= 4 is 27.3 Å². The van der Waals surface area contributed by atoms with Gasteiger partial charge in [-0.3, -0.25) is 0 Å². The minimum Gasteiger partial charge on any atom is -0.339 e. The van der Waals surface area contributed by atoms with Gasteiger partial charge in [0.05, 0.1) is 23.3 Å². The van der Waals surface area contributed by atoms with Crippen LogP contribution in [0.15, 0.2) is 30.5 Å². The van der Waals surface area contributed by atoms with Crippen LogP contribution in [0.2, 0.25) is 0 Å². The van der Waals surface area contributed by atoms with Crippen LogP contribution < -0.4 is 10.2 Å². The molecule has 1 aliphatic heterocycles. The highest BCUT2D eigenvalue weighted by Gasteiger charge is 2.32. The smallest absolute Gasteiger partial charge is 0.339 e. The molecule has 7 nitrogen and oxygen atoms in total. The molecule has 1 fully saturated rings. The van der Waals surface area contributed by atoms with E-state index in [-0.39, 0.29) is 23.5 Å². The number of rotatable bonds is 4. The summed E-state index contributed by atoms with van der Waals surface area (Å²) in [4.78, 5) is 5.90. The summed E-state index contributed by atoms with van der Waals surface area (Å²) in [6.45, 7) is 0. The van der Waals surface area contributed by atoms with Crippen LogP contribution in [0.5, 0.6) is 0 Å². The normalized spacial score (nSPS) is 19.3. The molecule has 2 heterocycles. The SMILES string of the molecule is CN(c1nncc(Nc2ccc(C(F)(F)F)cc2)n1)C1CCS(=O)(=O)C1. The van der Waals surface area contributed by atoms with E-state index >= 15 is 0 Å². The fourth-order valence-corrected chi connectivity index (χ4v) is 4.41. The zero-order valence-electron chi connectivity index (χ0n) is 13.7. The van der Waals surface area contributed by atoms with Gasteiger partial charge in [0.15, 0.2) is 15.7 Å². The van der Waals surface area contributed by atoms with E-state index in [1.807, 2.05) is 0 Å². The van der Waals surface area contributed by atoms with Gasteiger partial charge in [0, 0.05) is 18.8 Å². The van der Waals surface area contributed by atoms with Crippen molar-refractivity contribution < 1.29 is 21.6 Å². The predicted octanol–water partition coefficient (Wildman–Crippen LogP) is 2.26. The van der Waals surface area contributed by atoms with Gasteiger partial charge in [-0.2, -0.15) is 23.3 Å². The molecular formula is C15H16F3N5O2S. The van der Waals surface area contributed by atoms with E-state index in [0.717, 1.165) is 12.1 Å². The molecule has 26 heavy (non-hydrogen) atoms. The Kier molecular flexibility index (Phi) is 4.74. The number of halogens is 3. The quantitative estimate of drug-likeness (QED) is 0.861. The summed E-state index contributed by atoms with van der Waals surface area (Å²) in [5.74, 6) is 0.689. The maximum absolute atomic E-state index is 12.6.